The fraction of sp³-hybridized carbons (Fsp3) is 0.167. The van der Waals surface area contributed by atoms with E-state index in [1.807, 2.05) is 19.1 Å². The van der Waals surface area contributed by atoms with Gasteiger partial charge in [-0.3, -0.25) is 4.98 Å². The molecule has 0 amide bonds. The molecule has 0 aromatic carbocycles. The van der Waals surface area contributed by atoms with Gasteiger partial charge in [0.25, 0.3) is 0 Å². The zero-order valence-corrected chi connectivity index (χ0v) is 10.8. The first-order valence-corrected chi connectivity index (χ1v) is 5.86. The summed E-state index contributed by atoms with van der Waals surface area (Å²) in [6.45, 7) is 2.42. The van der Waals surface area contributed by atoms with E-state index in [1.54, 1.807) is 23.0 Å². The molecule has 0 fully saturated rings. The van der Waals surface area contributed by atoms with E-state index < -0.39 is 5.97 Å². The van der Waals surface area contributed by atoms with Crippen LogP contribution in [0.5, 0.6) is 0 Å². The highest BCUT2D eigenvalue weighted by molar-refractivity contribution is 9.10. The Kier molecular flexibility index (Phi) is 3.28. The Morgan fingerprint density at radius 1 is 1.53 bits per heavy atom. The van der Waals surface area contributed by atoms with Crippen LogP contribution in [0, 0.1) is 6.92 Å². The summed E-state index contributed by atoms with van der Waals surface area (Å²) in [5.74, 6) is -0.934. The Morgan fingerprint density at radius 3 is 2.88 bits per heavy atom. The minimum Gasteiger partial charge on any atom is -0.477 e. The normalized spacial score (nSPS) is 10.5. The van der Waals surface area contributed by atoms with Gasteiger partial charge in [0, 0.05) is 29.1 Å². The number of halogens is 1. The van der Waals surface area contributed by atoms with Gasteiger partial charge in [0.2, 0.25) is 0 Å². The summed E-state index contributed by atoms with van der Waals surface area (Å²) in [5, 5.41) is 9.04. The van der Waals surface area contributed by atoms with Gasteiger partial charge in [0.05, 0.1) is 0 Å². The molecule has 0 aliphatic heterocycles. The number of pyridine rings is 1. The predicted molar refractivity (Wildman–Crippen MR) is 67.2 cm³/mol. The minimum absolute atomic E-state index is 0.262. The molecule has 0 radical (unpaired) electrons. The Bertz CT molecular complexity index is 546. The number of aromatic nitrogens is 2. The molecule has 4 nitrogen and oxygen atoms in total. The molecule has 0 atom stereocenters. The standard InChI is InChI=1S/C12H11BrN2O2/c1-8-2-3-9(5-14-8)6-15-7-10(13)4-11(15)12(16)17/h2-5,7H,6H2,1H3,(H,16,17). The number of hydrogen-bond donors (Lipinski definition) is 1. The highest BCUT2D eigenvalue weighted by Gasteiger charge is 2.11. The molecule has 0 aliphatic carbocycles. The van der Waals surface area contributed by atoms with Crippen LogP contribution in [0.25, 0.3) is 0 Å². The highest BCUT2D eigenvalue weighted by atomic mass is 79.9. The van der Waals surface area contributed by atoms with Gasteiger partial charge < -0.3 is 9.67 Å². The largest absolute Gasteiger partial charge is 0.477 e. The van der Waals surface area contributed by atoms with Crippen molar-refractivity contribution >= 4 is 21.9 Å². The fourth-order valence-electron chi connectivity index (χ4n) is 1.57. The Hall–Kier alpha value is -1.62. The van der Waals surface area contributed by atoms with Crippen LogP contribution in [0.2, 0.25) is 0 Å². The number of nitrogens with zero attached hydrogens (tertiary/aromatic N) is 2. The molecule has 2 aromatic heterocycles. The molecule has 0 unspecified atom stereocenters. The summed E-state index contributed by atoms with van der Waals surface area (Å²) < 4.78 is 2.44. The maximum absolute atomic E-state index is 11.0. The molecule has 2 rings (SSSR count). The van der Waals surface area contributed by atoms with Gasteiger partial charge in [-0.25, -0.2) is 4.79 Å². The molecule has 0 saturated carbocycles. The van der Waals surface area contributed by atoms with Gasteiger partial charge in [0.1, 0.15) is 5.69 Å². The number of aryl methyl sites for hydroxylation is 1. The van der Waals surface area contributed by atoms with Crippen molar-refractivity contribution in [2.45, 2.75) is 13.5 Å². The Balaban J connectivity index is 2.29. The summed E-state index contributed by atoms with van der Waals surface area (Å²) in [7, 11) is 0. The smallest absolute Gasteiger partial charge is 0.352 e. The lowest BCUT2D eigenvalue weighted by Gasteiger charge is -2.06. The molecule has 5 heteroatoms. The monoisotopic (exact) mass is 294 g/mol. The summed E-state index contributed by atoms with van der Waals surface area (Å²) in [5.41, 5.74) is 2.18. The van der Waals surface area contributed by atoms with Crippen molar-refractivity contribution in [2.75, 3.05) is 0 Å². The molecule has 1 N–H and O–H groups in total. The average Bonchev–Trinajstić information content (AvgIpc) is 2.63. The number of carboxylic acids is 1. The first-order valence-electron chi connectivity index (χ1n) is 5.07. The molecule has 2 aromatic rings. The van der Waals surface area contributed by atoms with Crippen molar-refractivity contribution in [1.29, 1.82) is 0 Å². The zero-order valence-electron chi connectivity index (χ0n) is 9.22. The lowest BCUT2D eigenvalue weighted by atomic mass is 10.2. The molecular weight excluding hydrogens is 284 g/mol. The van der Waals surface area contributed by atoms with Crippen molar-refractivity contribution in [3.05, 3.63) is 52.0 Å². The van der Waals surface area contributed by atoms with E-state index >= 15 is 0 Å². The van der Waals surface area contributed by atoms with Gasteiger partial charge in [-0.05, 0) is 40.5 Å². The van der Waals surface area contributed by atoms with Crippen LogP contribution < -0.4 is 0 Å². The van der Waals surface area contributed by atoms with Crippen LogP contribution in [0.1, 0.15) is 21.7 Å². The number of rotatable bonds is 3. The van der Waals surface area contributed by atoms with Gasteiger partial charge in [0.15, 0.2) is 0 Å². The molecule has 0 aliphatic rings. The van der Waals surface area contributed by atoms with Gasteiger partial charge in [-0.2, -0.15) is 0 Å². The van der Waals surface area contributed by atoms with E-state index in [4.69, 9.17) is 5.11 Å². The van der Waals surface area contributed by atoms with Crippen molar-refractivity contribution < 1.29 is 9.90 Å². The third-order valence-electron chi connectivity index (χ3n) is 2.41. The average molecular weight is 295 g/mol. The minimum atomic E-state index is -0.934. The van der Waals surface area contributed by atoms with Gasteiger partial charge in [-0.15, -0.1) is 0 Å². The Labute approximate surface area is 107 Å². The van der Waals surface area contributed by atoms with E-state index in [2.05, 4.69) is 20.9 Å². The number of hydrogen-bond acceptors (Lipinski definition) is 2. The topological polar surface area (TPSA) is 55.1 Å². The third-order valence-corrected chi connectivity index (χ3v) is 2.84. The molecular formula is C12H11BrN2O2. The summed E-state index contributed by atoms with van der Waals surface area (Å²) >= 11 is 3.28. The Morgan fingerprint density at radius 2 is 2.29 bits per heavy atom. The highest BCUT2D eigenvalue weighted by Crippen LogP contribution is 2.16. The lowest BCUT2D eigenvalue weighted by molar-refractivity contribution is 0.0685. The SMILES string of the molecule is Cc1ccc(Cn2cc(Br)cc2C(=O)O)cn1. The molecule has 17 heavy (non-hydrogen) atoms. The van der Waals surface area contributed by atoms with Crippen LogP contribution in [-0.2, 0) is 6.54 Å². The maximum atomic E-state index is 11.0. The summed E-state index contributed by atoms with van der Waals surface area (Å²) in [6.07, 6.45) is 3.51. The second-order valence-electron chi connectivity index (χ2n) is 3.78. The second kappa shape index (κ2) is 4.71. The molecule has 0 spiro atoms. The molecule has 88 valence electrons. The lowest BCUT2D eigenvalue weighted by Crippen LogP contribution is -2.08. The summed E-state index contributed by atoms with van der Waals surface area (Å²) in [6, 6.07) is 5.44. The number of aromatic carboxylic acids is 1. The maximum Gasteiger partial charge on any atom is 0.352 e. The van der Waals surface area contributed by atoms with Crippen LogP contribution in [-0.4, -0.2) is 20.6 Å². The summed E-state index contributed by atoms with van der Waals surface area (Å²) in [4.78, 5) is 15.2. The molecule has 0 saturated heterocycles. The number of carbonyl (C=O) groups is 1. The van der Waals surface area contributed by atoms with Gasteiger partial charge >= 0.3 is 5.97 Å². The number of carboxylic acid groups (broad SMARTS) is 1. The quantitative estimate of drug-likeness (QED) is 0.947. The van der Waals surface area contributed by atoms with Crippen LogP contribution in [0.4, 0.5) is 0 Å². The first kappa shape index (κ1) is 11.9. The van der Waals surface area contributed by atoms with Crippen molar-refractivity contribution in [3.8, 4) is 0 Å². The van der Waals surface area contributed by atoms with Crippen LogP contribution in [0.15, 0.2) is 35.1 Å². The van der Waals surface area contributed by atoms with Gasteiger partial charge in [-0.1, -0.05) is 6.07 Å². The van der Waals surface area contributed by atoms with Crippen LogP contribution >= 0.6 is 15.9 Å². The van der Waals surface area contributed by atoms with Crippen molar-refractivity contribution in [1.82, 2.24) is 9.55 Å². The van der Waals surface area contributed by atoms with Crippen molar-refractivity contribution in [2.24, 2.45) is 0 Å². The predicted octanol–water partition coefficient (Wildman–Crippen LogP) is 2.70. The van der Waals surface area contributed by atoms with E-state index in [0.717, 1.165) is 15.7 Å². The molecule has 2 heterocycles. The first-order chi connectivity index (χ1) is 8.06. The third kappa shape index (κ3) is 2.74. The van der Waals surface area contributed by atoms with Crippen LogP contribution in [0.3, 0.4) is 0 Å². The van der Waals surface area contributed by atoms with Crippen molar-refractivity contribution in [3.63, 3.8) is 0 Å². The van der Waals surface area contributed by atoms with E-state index in [-0.39, 0.29) is 5.69 Å². The fourth-order valence-corrected chi connectivity index (χ4v) is 2.04. The van der Waals surface area contributed by atoms with E-state index in [0.29, 0.717) is 6.54 Å². The second-order valence-corrected chi connectivity index (χ2v) is 4.70. The van der Waals surface area contributed by atoms with E-state index in [9.17, 15) is 4.79 Å². The van der Waals surface area contributed by atoms with E-state index in [1.165, 1.54) is 0 Å². The zero-order chi connectivity index (χ0) is 12.4. The molecule has 0 bridgehead atoms.